The number of amides is 1. The van der Waals surface area contributed by atoms with Gasteiger partial charge in [-0.25, -0.2) is 5.43 Å². The molecule has 0 aromatic heterocycles. The third-order valence-corrected chi connectivity index (χ3v) is 5.42. The van der Waals surface area contributed by atoms with Crippen molar-refractivity contribution in [2.45, 2.75) is 6.61 Å². The zero-order chi connectivity index (χ0) is 22.3. The smallest absolute Gasteiger partial charge is 0.271 e. The van der Waals surface area contributed by atoms with E-state index >= 15 is 0 Å². The molecule has 0 saturated heterocycles. The minimum atomic E-state index is -0.305. The summed E-state index contributed by atoms with van der Waals surface area (Å²) in [5.74, 6) is 1.07. The third kappa shape index (κ3) is 5.15. The molecular weight excluding hydrogens is 468 g/mol. The Bertz CT molecular complexity index is 1270. The Morgan fingerprint density at radius 3 is 2.59 bits per heavy atom. The Morgan fingerprint density at radius 2 is 1.81 bits per heavy atom. The maximum absolute atomic E-state index is 12.4. The first-order chi connectivity index (χ1) is 15.6. The number of carbonyl (C=O) groups is 1. The highest BCUT2D eigenvalue weighted by molar-refractivity contribution is 9.10. The van der Waals surface area contributed by atoms with E-state index in [0.29, 0.717) is 23.7 Å². The van der Waals surface area contributed by atoms with Crippen molar-refractivity contribution in [1.29, 1.82) is 0 Å². The summed E-state index contributed by atoms with van der Waals surface area (Å²) in [7, 11) is 1.58. The Morgan fingerprint density at radius 1 is 1.00 bits per heavy atom. The van der Waals surface area contributed by atoms with Crippen LogP contribution in [0.4, 0.5) is 0 Å². The molecule has 4 aromatic rings. The topological polar surface area (TPSA) is 59.9 Å². The summed E-state index contributed by atoms with van der Waals surface area (Å²) in [6.45, 7) is 0.414. The minimum absolute atomic E-state index is 0.305. The molecule has 4 aromatic carbocycles. The number of nitrogens with zero attached hydrogens (tertiary/aromatic N) is 1. The SMILES string of the molecule is COc1ccc(C(=O)N/N=C/c2c(OCc3cccc(Br)c3)ccc3ccccc23)cc1. The van der Waals surface area contributed by atoms with E-state index in [9.17, 15) is 4.79 Å². The van der Waals surface area contributed by atoms with Gasteiger partial charge in [-0.15, -0.1) is 0 Å². The van der Waals surface area contributed by atoms with Crippen molar-refractivity contribution in [3.8, 4) is 11.5 Å². The van der Waals surface area contributed by atoms with Gasteiger partial charge in [0.05, 0.1) is 13.3 Å². The number of hydrogen-bond donors (Lipinski definition) is 1. The second-order valence-electron chi connectivity index (χ2n) is 7.04. The molecule has 0 atom stereocenters. The van der Waals surface area contributed by atoms with Gasteiger partial charge in [0, 0.05) is 15.6 Å². The summed E-state index contributed by atoms with van der Waals surface area (Å²) in [6, 6.07) is 26.7. The van der Waals surface area contributed by atoms with Crippen LogP contribution < -0.4 is 14.9 Å². The Balaban J connectivity index is 1.56. The molecule has 0 radical (unpaired) electrons. The number of hydrogen-bond acceptors (Lipinski definition) is 4. The van der Waals surface area contributed by atoms with Crippen molar-refractivity contribution in [3.63, 3.8) is 0 Å². The number of methoxy groups -OCH3 is 1. The van der Waals surface area contributed by atoms with E-state index < -0.39 is 0 Å². The van der Waals surface area contributed by atoms with E-state index in [1.54, 1.807) is 37.6 Å². The number of benzene rings is 4. The van der Waals surface area contributed by atoms with Crippen LogP contribution in [0.5, 0.6) is 11.5 Å². The quantitative estimate of drug-likeness (QED) is 0.258. The molecule has 1 N–H and O–H groups in total. The highest BCUT2D eigenvalue weighted by Gasteiger charge is 2.09. The van der Waals surface area contributed by atoms with Gasteiger partial charge in [0.15, 0.2) is 0 Å². The van der Waals surface area contributed by atoms with Crippen molar-refractivity contribution in [3.05, 3.63) is 106 Å². The first-order valence-electron chi connectivity index (χ1n) is 10.0. The largest absolute Gasteiger partial charge is 0.497 e. The zero-order valence-electron chi connectivity index (χ0n) is 17.4. The molecule has 0 aliphatic rings. The summed E-state index contributed by atoms with van der Waals surface area (Å²) in [5, 5.41) is 6.25. The molecule has 0 unspecified atom stereocenters. The summed E-state index contributed by atoms with van der Waals surface area (Å²) >= 11 is 3.49. The normalized spacial score (nSPS) is 10.9. The molecular formula is C26H21BrN2O3. The number of fused-ring (bicyclic) bond motifs is 1. The van der Waals surface area contributed by atoms with Crippen molar-refractivity contribution < 1.29 is 14.3 Å². The van der Waals surface area contributed by atoms with Gasteiger partial charge in [0.25, 0.3) is 5.91 Å². The molecule has 0 spiro atoms. The van der Waals surface area contributed by atoms with E-state index in [2.05, 4.69) is 26.5 Å². The van der Waals surface area contributed by atoms with Crippen LogP contribution in [0.2, 0.25) is 0 Å². The maximum atomic E-state index is 12.4. The van der Waals surface area contributed by atoms with E-state index in [1.165, 1.54) is 0 Å². The van der Waals surface area contributed by atoms with E-state index in [-0.39, 0.29) is 5.91 Å². The van der Waals surface area contributed by atoms with Crippen LogP contribution in [0.25, 0.3) is 10.8 Å². The van der Waals surface area contributed by atoms with Crippen LogP contribution in [0.1, 0.15) is 21.5 Å². The van der Waals surface area contributed by atoms with Gasteiger partial charge in [0.1, 0.15) is 18.1 Å². The number of halogens is 1. The Labute approximate surface area is 194 Å². The number of hydrazone groups is 1. The lowest BCUT2D eigenvalue weighted by Crippen LogP contribution is -2.17. The molecule has 1 amide bonds. The predicted molar refractivity (Wildman–Crippen MR) is 130 cm³/mol. The van der Waals surface area contributed by atoms with E-state index in [4.69, 9.17) is 9.47 Å². The molecule has 0 fully saturated rings. The first-order valence-corrected chi connectivity index (χ1v) is 10.8. The molecule has 160 valence electrons. The van der Waals surface area contributed by atoms with Crippen LogP contribution in [0.3, 0.4) is 0 Å². The van der Waals surface area contributed by atoms with E-state index in [1.807, 2.05) is 60.7 Å². The van der Waals surface area contributed by atoms with Gasteiger partial charge < -0.3 is 9.47 Å². The zero-order valence-corrected chi connectivity index (χ0v) is 19.0. The molecule has 0 aliphatic heterocycles. The molecule has 0 aliphatic carbocycles. The van der Waals surface area contributed by atoms with Crippen LogP contribution in [-0.2, 0) is 6.61 Å². The predicted octanol–water partition coefficient (Wildman–Crippen LogP) is 5.95. The molecule has 32 heavy (non-hydrogen) atoms. The van der Waals surface area contributed by atoms with Crippen LogP contribution in [0, 0.1) is 0 Å². The average Bonchev–Trinajstić information content (AvgIpc) is 2.83. The fraction of sp³-hybridized carbons (Fsp3) is 0.0769. The monoisotopic (exact) mass is 488 g/mol. The molecule has 6 heteroatoms. The fourth-order valence-electron chi connectivity index (χ4n) is 3.28. The lowest BCUT2D eigenvalue weighted by Gasteiger charge is -2.12. The van der Waals surface area contributed by atoms with Gasteiger partial charge in [-0.2, -0.15) is 5.10 Å². The summed E-state index contributed by atoms with van der Waals surface area (Å²) < 4.78 is 12.2. The summed E-state index contributed by atoms with van der Waals surface area (Å²) in [5.41, 5.74) is 4.92. The van der Waals surface area contributed by atoms with Gasteiger partial charge in [-0.3, -0.25) is 4.79 Å². The van der Waals surface area contributed by atoms with Crippen molar-refractivity contribution >= 4 is 38.8 Å². The second kappa shape index (κ2) is 10.1. The molecule has 0 heterocycles. The molecule has 0 saturated carbocycles. The third-order valence-electron chi connectivity index (χ3n) is 4.93. The standard InChI is InChI=1S/C26H21BrN2O3/c1-31-22-12-9-20(10-13-22)26(30)29-28-16-24-23-8-3-2-6-19(23)11-14-25(24)32-17-18-5-4-7-21(27)15-18/h2-16H,17H2,1H3,(H,29,30)/b28-16+. The molecule has 0 bridgehead atoms. The lowest BCUT2D eigenvalue weighted by molar-refractivity contribution is 0.0955. The van der Waals surface area contributed by atoms with Gasteiger partial charge in [0.2, 0.25) is 0 Å². The van der Waals surface area contributed by atoms with Crippen molar-refractivity contribution in [2.75, 3.05) is 7.11 Å². The van der Waals surface area contributed by atoms with Crippen LogP contribution in [-0.4, -0.2) is 19.2 Å². The number of carbonyl (C=O) groups excluding carboxylic acids is 1. The lowest BCUT2D eigenvalue weighted by atomic mass is 10.0. The number of nitrogens with one attached hydrogen (secondary N) is 1. The highest BCUT2D eigenvalue weighted by Crippen LogP contribution is 2.27. The van der Waals surface area contributed by atoms with Gasteiger partial charge in [-0.05, 0) is 58.8 Å². The highest BCUT2D eigenvalue weighted by atomic mass is 79.9. The number of ether oxygens (including phenoxy) is 2. The van der Waals surface area contributed by atoms with Crippen LogP contribution >= 0.6 is 15.9 Å². The van der Waals surface area contributed by atoms with E-state index in [0.717, 1.165) is 26.4 Å². The van der Waals surface area contributed by atoms with Gasteiger partial charge in [-0.1, -0.05) is 58.4 Å². The summed E-state index contributed by atoms with van der Waals surface area (Å²) in [4.78, 5) is 12.4. The minimum Gasteiger partial charge on any atom is -0.497 e. The maximum Gasteiger partial charge on any atom is 0.271 e. The first kappa shape index (κ1) is 21.6. The second-order valence-corrected chi connectivity index (χ2v) is 7.96. The van der Waals surface area contributed by atoms with Crippen LogP contribution in [0.15, 0.2) is 94.5 Å². The Hall–Kier alpha value is -3.64. The summed E-state index contributed by atoms with van der Waals surface area (Å²) in [6.07, 6.45) is 1.62. The fourth-order valence-corrected chi connectivity index (χ4v) is 3.73. The Kier molecular flexibility index (Phi) is 6.82. The average molecular weight is 489 g/mol. The van der Waals surface area contributed by atoms with Gasteiger partial charge >= 0.3 is 0 Å². The molecule has 4 rings (SSSR count). The molecule has 5 nitrogen and oxygen atoms in total. The van der Waals surface area contributed by atoms with Crippen molar-refractivity contribution in [1.82, 2.24) is 5.43 Å². The van der Waals surface area contributed by atoms with Crippen molar-refractivity contribution in [2.24, 2.45) is 5.10 Å². The number of rotatable bonds is 7.